The molecule has 0 amide bonds. The van der Waals surface area contributed by atoms with Crippen LogP contribution in [-0.4, -0.2) is 37.9 Å². The van der Waals surface area contributed by atoms with Crippen molar-refractivity contribution in [2.75, 3.05) is 12.3 Å². The van der Waals surface area contributed by atoms with E-state index in [-0.39, 0.29) is 29.1 Å². The van der Waals surface area contributed by atoms with Crippen LogP contribution in [0.1, 0.15) is 70.3 Å². The van der Waals surface area contributed by atoms with Gasteiger partial charge in [0.2, 0.25) is 5.52 Å². The van der Waals surface area contributed by atoms with E-state index in [1.54, 1.807) is 18.3 Å². The predicted molar refractivity (Wildman–Crippen MR) is 161 cm³/mol. The average Bonchev–Trinajstić information content (AvgIpc) is 3.52. The lowest BCUT2D eigenvalue weighted by atomic mass is 9.46. The van der Waals surface area contributed by atoms with Gasteiger partial charge in [0.25, 0.3) is 0 Å². The van der Waals surface area contributed by atoms with E-state index in [9.17, 15) is 9.59 Å². The molecule has 0 bridgehead atoms. The number of aromatic nitrogens is 5. The predicted octanol–water partition coefficient (Wildman–Crippen LogP) is 5.47. The first-order valence-corrected chi connectivity index (χ1v) is 15.1. The van der Waals surface area contributed by atoms with Crippen LogP contribution < -0.4 is 10.3 Å². The van der Waals surface area contributed by atoms with Gasteiger partial charge in [-0.2, -0.15) is 4.98 Å². The minimum Gasteiger partial charge on any atom is -0.456 e. The topological polar surface area (TPSA) is 120 Å². The van der Waals surface area contributed by atoms with Gasteiger partial charge in [0, 0.05) is 17.1 Å². The number of H-pyrrole nitrogens is 1. The van der Waals surface area contributed by atoms with E-state index in [0.29, 0.717) is 30.4 Å². The third-order valence-corrected chi connectivity index (χ3v) is 10.4. The second-order valence-electron chi connectivity index (χ2n) is 12.4. The highest BCUT2D eigenvalue weighted by Gasteiger charge is 2.55. The zero-order chi connectivity index (χ0) is 29.5. The van der Waals surface area contributed by atoms with Crippen LogP contribution in [0.5, 0.6) is 0 Å². The molecule has 1 fully saturated rings. The van der Waals surface area contributed by atoms with Gasteiger partial charge in [0.1, 0.15) is 12.3 Å². The molecule has 0 aromatic carbocycles. The van der Waals surface area contributed by atoms with E-state index in [1.807, 2.05) is 17.9 Å². The number of nitrogen functional groups attached to an aromatic ring is 1. The van der Waals surface area contributed by atoms with Crippen LogP contribution in [0, 0.1) is 22.7 Å². The molecule has 2 aliphatic rings. The fraction of sp³-hybridized carbons (Fsp3) is 0.516. The summed E-state index contributed by atoms with van der Waals surface area (Å²) in [4.78, 5) is 37.2. The first-order chi connectivity index (χ1) is 19.4. The Hall–Kier alpha value is -3.27. The van der Waals surface area contributed by atoms with Crippen molar-refractivity contribution in [1.82, 2.24) is 19.5 Å². The molecule has 2 aliphatic carbocycles. The van der Waals surface area contributed by atoms with Gasteiger partial charge in [-0.1, -0.05) is 37.4 Å². The molecule has 3 aromatic rings. The number of halogens is 1. The molecule has 0 spiro atoms. The molecule has 0 radical (unpaired) electrons. The Balaban J connectivity index is 1.30. The van der Waals surface area contributed by atoms with E-state index in [4.69, 9.17) is 10.5 Å². The van der Waals surface area contributed by atoms with Gasteiger partial charge in [-0.25, -0.2) is 9.36 Å². The molecule has 4 atom stereocenters. The molecular formula is C31H40BrN6O3+. The van der Waals surface area contributed by atoms with E-state index in [0.717, 1.165) is 46.9 Å². The summed E-state index contributed by atoms with van der Waals surface area (Å²) in [6.07, 6.45) is 13.7. The van der Waals surface area contributed by atoms with Gasteiger partial charge in [-0.3, -0.25) is 9.36 Å². The summed E-state index contributed by atoms with van der Waals surface area (Å²) in [5.41, 5.74) is 10.2. The first-order valence-electron chi connectivity index (χ1n) is 14.3. The number of hydrogen-bond acceptors (Lipinski definition) is 6. The van der Waals surface area contributed by atoms with E-state index < -0.39 is 5.97 Å². The number of ketones is 1. The van der Waals surface area contributed by atoms with Crippen molar-refractivity contribution in [2.45, 2.75) is 66.3 Å². The molecule has 10 heteroatoms. The molecular weight excluding hydrogens is 584 g/mol. The lowest BCUT2D eigenvalue weighted by Gasteiger charge is -2.57. The summed E-state index contributed by atoms with van der Waals surface area (Å²) in [5.74, 6) is 0.841. The number of esters is 1. The Bertz CT molecular complexity index is 1550. The Morgan fingerprint density at radius 2 is 2.15 bits per heavy atom. The van der Waals surface area contributed by atoms with Crippen molar-refractivity contribution in [1.29, 1.82) is 0 Å². The SMILES string of the molecule is C/C(=C\Cn1c[n+](C)c2ncnc(N)c21)CC[C@]1(C)[C@@H](C)CC[C@]2(C)C(COC(=O)c3cc(Br)c[nH]3)=CC(=O)C[C@@H]12. The number of carbonyl (C=O) groups is 2. The summed E-state index contributed by atoms with van der Waals surface area (Å²) in [6, 6.07) is 1.70. The zero-order valence-corrected chi connectivity index (χ0v) is 26.1. The number of allylic oxidation sites excluding steroid dienone is 3. The molecule has 3 heterocycles. The van der Waals surface area contributed by atoms with Crippen molar-refractivity contribution >= 4 is 44.7 Å². The summed E-state index contributed by atoms with van der Waals surface area (Å²) >= 11 is 3.36. The second kappa shape index (κ2) is 11.2. The highest BCUT2D eigenvalue weighted by Crippen LogP contribution is 2.61. The van der Waals surface area contributed by atoms with Crippen LogP contribution >= 0.6 is 15.9 Å². The number of nitrogens with one attached hydrogen (secondary N) is 1. The molecule has 1 saturated carbocycles. The number of nitrogens with two attached hydrogens (primary N) is 1. The Morgan fingerprint density at radius 1 is 1.37 bits per heavy atom. The Morgan fingerprint density at radius 3 is 2.88 bits per heavy atom. The number of fused-ring (bicyclic) bond motifs is 2. The molecule has 0 aliphatic heterocycles. The quantitative estimate of drug-likeness (QED) is 0.195. The first kappa shape index (κ1) is 29.2. The normalized spacial score (nSPS) is 26.6. The molecule has 0 saturated heterocycles. The summed E-state index contributed by atoms with van der Waals surface area (Å²) in [7, 11) is 1.96. The summed E-state index contributed by atoms with van der Waals surface area (Å²) < 4.78 is 10.5. The third kappa shape index (κ3) is 5.50. The lowest BCUT2D eigenvalue weighted by Crippen LogP contribution is -2.52. The van der Waals surface area contributed by atoms with Gasteiger partial charge in [-0.15, -0.1) is 0 Å². The van der Waals surface area contributed by atoms with Gasteiger partial charge < -0.3 is 15.5 Å². The van der Waals surface area contributed by atoms with E-state index in [1.165, 1.54) is 11.9 Å². The number of carbonyl (C=O) groups excluding carboxylic acids is 2. The number of imidazole rings is 1. The van der Waals surface area contributed by atoms with E-state index >= 15 is 0 Å². The zero-order valence-electron chi connectivity index (χ0n) is 24.5. The highest BCUT2D eigenvalue weighted by atomic mass is 79.9. The van der Waals surface area contributed by atoms with Crippen molar-refractivity contribution in [3.8, 4) is 0 Å². The van der Waals surface area contributed by atoms with Gasteiger partial charge in [0.15, 0.2) is 24.3 Å². The molecule has 218 valence electrons. The molecule has 9 nitrogen and oxygen atoms in total. The molecule has 41 heavy (non-hydrogen) atoms. The number of aromatic amines is 1. The second-order valence-corrected chi connectivity index (χ2v) is 13.3. The Labute approximate surface area is 249 Å². The smallest absolute Gasteiger partial charge is 0.355 e. The molecule has 5 rings (SSSR count). The number of nitrogens with zero attached hydrogens (tertiary/aromatic N) is 4. The molecule has 3 aromatic heterocycles. The van der Waals surface area contributed by atoms with Gasteiger partial charge >= 0.3 is 11.6 Å². The van der Waals surface area contributed by atoms with Crippen LogP contribution in [0.3, 0.4) is 0 Å². The largest absolute Gasteiger partial charge is 0.456 e. The maximum atomic E-state index is 13.1. The van der Waals surface area contributed by atoms with Crippen LogP contribution in [0.2, 0.25) is 0 Å². The summed E-state index contributed by atoms with van der Waals surface area (Å²) in [5, 5.41) is 0. The number of anilines is 1. The molecule has 3 N–H and O–H groups in total. The van der Waals surface area contributed by atoms with E-state index in [2.05, 4.69) is 69.2 Å². The van der Waals surface area contributed by atoms with Crippen LogP contribution in [0.15, 0.2) is 52.7 Å². The Kier molecular flexibility index (Phi) is 7.98. The average molecular weight is 625 g/mol. The minimum atomic E-state index is -0.417. The molecule has 0 unspecified atom stereocenters. The number of hydrogen-bond donors (Lipinski definition) is 2. The third-order valence-electron chi connectivity index (χ3n) is 9.95. The lowest BCUT2D eigenvalue weighted by molar-refractivity contribution is -0.647. The standard InChI is InChI=1S/C31H39BrN6O3/c1-19(8-11-38-18-37(5)28-26(38)27(33)35-17-36-28)6-9-30(3)20(2)7-10-31(4)21(12-23(39)14-25(30)31)16-41-29(40)24-13-22(32)15-34-24/h8,12-13,15,17-18,20,25H,6-7,9-11,14,16H2,1-5H3,(H2-,33,34,35,36,40)/p+1/b19-8+/t20-,25-,30+,31+/m0/s1. The van der Waals surface area contributed by atoms with Crippen molar-refractivity contribution in [3.63, 3.8) is 0 Å². The van der Waals surface area contributed by atoms with Crippen LogP contribution in [0.25, 0.3) is 11.2 Å². The van der Waals surface area contributed by atoms with Crippen LogP contribution in [0.4, 0.5) is 5.82 Å². The summed E-state index contributed by atoms with van der Waals surface area (Å²) in [6.45, 7) is 9.96. The van der Waals surface area contributed by atoms with Gasteiger partial charge in [-0.05, 0) is 88.9 Å². The van der Waals surface area contributed by atoms with Gasteiger partial charge in [0.05, 0.1) is 13.6 Å². The fourth-order valence-corrected chi connectivity index (χ4v) is 7.43. The number of rotatable bonds is 8. The number of ether oxygens (including phenoxy) is 1. The highest BCUT2D eigenvalue weighted by molar-refractivity contribution is 9.10. The van der Waals surface area contributed by atoms with Crippen molar-refractivity contribution < 1.29 is 18.9 Å². The van der Waals surface area contributed by atoms with Crippen molar-refractivity contribution in [2.24, 2.45) is 29.7 Å². The van der Waals surface area contributed by atoms with Crippen LogP contribution in [-0.2, 0) is 23.1 Å². The fourth-order valence-electron chi connectivity index (χ4n) is 7.09. The maximum Gasteiger partial charge on any atom is 0.355 e. The maximum absolute atomic E-state index is 13.1. The monoisotopic (exact) mass is 623 g/mol. The minimum absolute atomic E-state index is 0.0313. The number of aryl methyl sites for hydroxylation is 1. The van der Waals surface area contributed by atoms with Crippen molar-refractivity contribution in [3.05, 3.63) is 58.4 Å².